The Morgan fingerprint density at radius 2 is 1.92 bits per heavy atom. The molecule has 1 heterocycles. The molecule has 0 fully saturated rings. The Kier molecular flexibility index (Phi) is 6.98. The maximum atomic E-state index is 11.5. The van der Waals surface area contributed by atoms with Crippen molar-refractivity contribution in [3.63, 3.8) is 0 Å². The van der Waals surface area contributed by atoms with Crippen molar-refractivity contribution in [2.45, 2.75) is 58.5 Å². The Morgan fingerprint density at radius 3 is 2.64 bits per heavy atom. The van der Waals surface area contributed by atoms with Crippen LogP contribution in [0.5, 0.6) is 0 Å². The van der Waals surface area contributed by atoms with E-state index in [4.69, 9.17) is 9.26 Å². The molecular weight excluding hydrogens is 318 g/mol. The fraction of sp³-hybridized carbons (Fsp3) is 0.526. The zero-order chi connectivity index (χ0) is 18.1. The van der Waals surface area contributed by atoms with Gasteiger partial charge in [-0.2, -0.15) is 4.98 Å². The average Bonchev–Trinajstić information content (AvgIpc) is 2.97. The molecule has 25 heavy (non-hydrogen) atoms. The first-order valence-corrected chi connectivity index (χ1v) is 8.74. The molecule has 6 heteroatoms. The van der Waals surface area contributed by atoms with Crippen molar-refractivity contribution in [1.82, 2.24) is 15.5 Å². The molecule has 0 radical (unpaired) electrons. The third-order valence-corrected chi connectivity index (χ3v) is 3.45. The van der Waals surface area contributed by atoms with Crippen LogP contribution in [0.25, 0.3) is 0 Å². The smallest absolute Gasteiger partial charge is 0.407 e. The molecule has 136 valence electrons. The molecule has 0 aliphatic rings. The molecule has 2 aromatic rings. The number of amides is 1. The lowest BCUT2D eigenvalue weighted by Gasteiger charge is -2.19. The van der Waals surface area contributed by atoms with Crippen LogP contribution >= 0.6 is 0 Å². The van der Waals surface area contributed by atoms with Crippen LogP contribution in [-0.4, -0.2) is 28.4 Å². The summed E-state index contributed by atoms with van der Waals surface area (Å²) < 4.78 is 10.5. The summed E-state index contributed by atoms with van der Waals surface area (Å²) in [5.74, 6) is 1.39. The van der Waals surface area contributed by atoms with Crippen LogP contribution in [-0.2, 0) is 17.6 Å². The van der Waals surface area contributed by atoms with E-state index in [1.54, 1.807) is 0 Å². The molecule has 1 N–H and O–H groups in total. The fourth-order valence-electron chi connectivity index (χ4n) is 2.32. The minimum atomic E-state index is -0.459. The van der Waals surface area contributed by atoms with Crippen LogP contribution in [0.15, 0.2) is 34.9 Å². The van der Waals surface area contributed by atoms with Gasteiger partial charge in [0.25, 0.3) is 0 Å². The predicted octanol–water partition coefficient (Wildman–Crippen LogP) is 3.90. The van der Waals surface area contributed by atoms with E-state index in [-0.39, 0.29) is 6.09 Å². The Bertz CT molecular complexity index is 647. The summed E-state index contributed by atoms with van der Waals surface area (Å²) in [6.45, 7) is 6.16. The summed E-state index contributed by atoms with van der Waals surface area (Å²) in [5, 5.41) is 6.78. The van der Waals surface area contributed by atoms with Crippen LogP contribution in [0, 0.1) is 0 Å². The van der Waals surface area contributed by atoms with Gasteiger partial charge in [-0.1, -0.05) is 41.9 Å². The second kappa shape index (κ2) is 9.20. The minimum absolute atomic E-state index is 0.366. The number of aromatic nitrogens is 2. The van der Waals surface area contributed by atoms with Crippen molar-refractivity contribution in [3.8, 4) is 0 Å². The van der Waals surface area contributed by atoms with Gasteiger partial charge in [0.1, 0.15) is 5.60 Å². The molecule has 1 aromatic heterocycles. The Morgan fingerprint density at radius 1 is 1.16 bits per heavy atom. The molecule has 0 saturated carbocycles. The summed E-state index contributed by atoms with van der Waals surface area (Å²) in [5.41, 5.74) is 0.711. The lowest BCUT2D eigenvalue weighted by atomic mass is 10.1. The molecule has 0 unspecified atom stereocenters. The maximum Gasteiger partial charge on any atom is 0.407 e. The van der Waals surface area contributed by atoms with E-state index < -0.39 is 5.60 Å². The number of hydrogen-bond acceptors (Lipinski definition) is 5. The van der Waals surface area contributed by atoms with E-state index in [0.29, 0.717) is 24.7 Å². The average molecular weight is 345 g/mol. The van der Waals surface area contributed by atoms with E-state index >= 15 is 0 Å². The largest absolute Gasteiger partial charge is 0.444 e. The quantitative estimate of drug-likeness (QED) is 0.734. The number of aryl methyl sites for hydroxylation is 1. The monoisotopic (exact) mass is 345 g/mol. The van der Waals surface area contributed by atoms with Crippen molar-refractivity contribution in [2.24, 2.45) is 0 Å². The molecule has 0 saturated heterocycles. The van der Waals surface area contributed by atoms with E-state index in [9.17, 15) is 4.79 Å². The molecule has 0 bridgehead atoms. The highest BCUT2D eigenvalue weighted by Crippen LogP contribution is 2.09. The molecule has 0 aliphatic carbocycles. The molecule has 1 amide bonds. The van der Waals surface area contributed by atoms with Crippen molar-refractivity contribution in [1.29, 1.82) is 0 Å². The number of alkyl carbamates (subject to hydrolysis) is 1. The van der Waals surface area contributed by atoms with Gasteiger partial charge >= 0.3 is 6.09 Å². The van der Waals surface area contributed by atoms with Crippen molar-refractivity contribution < 1.29 is 14.1 Å². The van der Waals surface area contributed by atoms with Crippen LogP contribution in [0.2, 0.25) is 0 Å². The normalized spacial score (nSPS) is 11.3. The van der Waals surface area contributed by atoms with E-state index in [1.165, 1.54) is 5.56 Å². The highest BCUT2D eigenvalue weighted by atomic mass is 16.6. The molecule has 2 rings (SSSR count). The summed E-state index contributed by atoms with van der Waals surface area (Å²) in [6.07, 6.45) is 3.90. The first-order chi connectivity index (χ1) is 11.9. The summed E-state index contributed by atoms with van der Waals surface area (Å²) in [4.78, 5) is 15.9. The zero-order valence-electron chi connectivity index (χ0n) is 15.2. The molecule has 0 aliphatic heterocycles. The molecule has 0 spiro atoms. The van der Waals surface area contributed by atoms with E-state index in [0.717, 1.165) is 25.7 Å². The van der Waals surface area contributed by atoms with Crippen molar-refractivity contribution in [2.75, 3.05) is 6.54 Å². The second-order valence-electron chi connectivity index (χ2n) is 7.01. The number of ether oxygens (including phenoxy) is 1. The minimum Gasteiger partial charge on any atom is -0.444 e. The van der Waals surface area contributed by atoms with E-state index in [2.05, 4.69) is 15.5 Å². The van der Waals surface area contributed by atoms with Gasteiger partial charge in [0.15, 0.2) is 5.82 Å². The maximum absolute atomic E-state index is 11.5. The Hall–Kier alpha value is -2.37. The summed E-state index contributed by atoms with van der Waals surface area (Å²) in [7, 11) is 0. The number of rotatable bonds is 8. The second-order valence-corrected chi connectivity index (χ2v) is 7.01. The number of hydrogen-bond donors (Lipinski definition) is 1. The highest BCUT2D eigenvalue weighted by Gasteiger charge is 2.15. The molecule has 6 nitrogen and oxygen atoms in total. The lowest BCUT2D eigenvalue weighted by Crippen LogP contribution is -2.32. The molecule has 1 aromatic carbocycles. The fourth-order valence-corrected chi connectivity index (χ4v) is 2.32. The van der Waals surface area contributed by atoms with Gasteiger partial charge in [-0.25, -0.2) is 4.79 Å². The molecular formula is C19H27N3O3. The predicted molar refractivity (Wildman–Crippen MR) is 95.3 cm³/mol. The van der Waals surface area contributed by atoms with Crippen LogP contribution in [0.3, 0.4) is 0 Å². The highest BCUT2D eigenvalue weighted by molar-refractivity contribution is 5.67. The number of benzene rings is 1. The summed E-state index contributed by atoms with van der Waals surface area (Å²) >= 11 is 0. The third kappa shape index (κ3) is 7.83. The number of nitrogens with zero attached hydrogens (tertiary/aromatic N) is 2. The van der Waals surface area contributed by atoms with Crippen molar-refractivity contribution >= 4 is 6.09 Å². The van der Waals surface area contributed by atoms with Gasteiger partial charge in [-0.05, 0) is 39.2 Å². The lowest BCUT2D eigenvalue weighted by molar-refractivity contribution is 0.0527. The molecule has 0 atom stereocenters. The number of carbonyl (C=O) groups excluding carboxylic acids is 1. The van der Waals surface area contributed by atoms with Gasteiger partial charge in [-0.3, -0.25) is 0 Å². The van der Waals surface area contributed by atoms with Gasteiger partial charge in [-0.15, -0.1) is 0 Å². The van der Waals surface area contributed by atoms with Gasteiger partial charge < -0.3 is 14.6 Å². The first-order valence-electron chi connectivity index (χ1n) is 8.74. The summed E-state index contributed by atoms with van der Waals surface area (Å²) in [6, 6.07) is 10.1. The van der Waals surface area contributed by atoms with Gasteiger partial charge in [0.2, 0.25) is 5.89 Å². The number of carbonyl (C=O) groups is 1. The van der Waals surface area contributed by atoms with Crippen LogP contribution < -0.4 is 5.32 Å². The standard InChI is InChI=1S/C19H27N3O3/c1-19(2,3)24-18(23)20-13-9-5-8-12-17-21-16(22-25-17)14-15-10-6-4-7-11-15/h4,6-7,10-11H,5,8-9,12-14H2,1-3H3,(H,20,23). The van der Waals surface area contributed by atoms with Crippen molar-refractivity contribution in [3.05, 3.63) is 47.6 Å². The SMILES string of the molecule is CC(C)(C)OC(=O)NCCCCCc1nc(Cc2ccccc2)no1. The number of nitrogens with one attached hydrogen (secondary N) is 1. The van der Waals surface area contributed by atoms with E-state index in [1.807, 2.05) is 51.1 Å². The van der Waals surface area contributed by atoms with Crippen LogP contribution in [0.4, 0.5) is 4.79 Å². The van der Waals surface area contributed by atoms with Gasteiger partial charge in [0, 0.05) is 19.4 Å². The topological polar surface area (TPSA) is 77.2 Å². The first kappa shape index (κ1) is 19.0. The Labute approximate surface area is 149 Å². The van der Waals surface area contributed by atoms with Gasteiger partial charge in [0.05, 0.1) is 0 Å². The zero-order valence-corrected chi connectivity index (χ0v) is 15.2. The Balaban J connectivity index is 1.59. The number of unbranched alkanes of at least 4 members (excludes halogenated alkanes) is 2. The third-order valence-electron chi connectivity index (χ3n) is 3.45. The van der Waals surface area contributed by atoms with Crippen LogP contribution in [0.1, 0.15) is 57.3 Å².